The molecular weight excluding hydrogens is 246 g/mol. The molecule has 98 valence electrons. The zero-order chi connectivity index (χ0) is 13.4. The summed E-state index contributed by atoms with van der Waals surface area (Å²) in [5.41, 5.74) is 1.62. The second kappa shape index (κ2) is 4.47. The number of nitrogens with zero attached hydrogens (tertiary/aromatic N) is 3. The van der Waals surface area contributed by atoms with Gasteiger partial charge in [0.05, 0.1) is 16.0 Å². The number of hydrogen-bond acceptors (Lipinski definition) is 5. The number of hydrogen-bond donors (Lipinski definition) is 1. The smallest absolute Gasteiger partial charge is 0.278 e. The van der Waals surface area contributed by atoms with Crippen LogP contribution in [0.4, 0.5) is 11.4 Å². The van der Waals surface area contributed by atoms with Crippen molar-refractivity contribution in [3.05, 3.63) is 40.6 Å². The molecule has 0 amide bonds. The van der Waals surface area contributed by atoms with Crippen LogP contribution in [0.5, 0.6) is 0 Å². The van der Waals surface area contributed by atoms with Crippen molar-refractivity contribution in [3.8, 4) is 0 Å². The SMILES string of the molecule is O=[N+]([O-])c1ccc(N2CC(CO)C2)c2ncccc12. The first-order valence-electron chi connectivity index (χ1n) is 6.08. The van der Waals surface area contributed by atoms with Crippen molar-refractivity contribution in [1.82, 2.24) is 4.98 Å². The lowest BCUT2D eigenvalue weighted by atomic mass is 9.99. The summed E-state index contributed by atoms with van der Waals surface area (Å²) >= 11 is 0. The van der Waals surface area contributed by atoms with E-state index in [0.29, 0.717) is 10.9 Å². The quantitative estimate of drug-likeness (QED) is 0.668. The molecule has 0 radical (unpaired) electrons. The normalized spacial score (nSPS) is 15.5. The van der Waals surface area contributed by atoms with Crippen molar-refractivity contribution in [2.75, 3.05) is 24.6 Å². The van der Waals surface area contributed by atoms with E-state index in [1.165, 1.54) is 6.07 Å². The number of aliphatic hydroxyl groups excluding tert-OH is 1. The first kappa shape index (κ1) is 11.9. The molecule has 1 aromatic carbocycles. The van der Waals surface area contributed by atoms with Crippen molar-refractivity contribution in [2.45, 2.75) is 0 Å². The van der Waals surface area contributed by atoms with E-state index in [9.17, 15) is 10.1 Å². The third kappa shape index (κ3) is 1.90. The molecule has 1 N–H and O–H groups in total. The highest BCUT2D eigenvalue weighted by molar-refractivity contribution is 5.97. The third-order valence-corrected chi connectivity index (χ3v) is 3.48. The average Bonchev–Trinajstić information content (AvgIpc) is 2.37. The van der Waals surface area contributed by atoms with Crippen LogP contribution in [0.15, 0.2) is 30.5 Å². The van der Waals surface area contributed by atoms with Gasteiger partial charge in [-0.3, -0.25) is 15.1 Å². The number of non-ortho nitro benzene ring substituents is 1. The largest absolute Gasteiger partial charge is 0.396 e. The maximum atomic E-state index is 11.0. The van der Waals surface area contributed by atoms with Gasteiger partial charge in [0.15, 0.2) is 0 Å². The zero-order valence-electron chi connectivity index (χ0n) is 10.2. The van der Waals surface area contributed by atoms with E-state index in [1.54, 1.807) is 24.4 Å². The fourth-order valence-corrected chi connectivity index (χ4v) is 2.44. The predicted octanol–water partition coefficient (Wildman–Crippen LogP) is 1.57. The Morgan fingerprint density at radius 2 is 2.21 bits per heavy atom. The summed E-state index contributed by atoms with van der Waals surface area (Å²) < 4.78 is 0. The van der Waals surface area contributed by atoms with Gasteiger partial charge < -0.3 is 10.0 Å². The van der Waals surface area contributed by atoms with Gasteiger partial charge in [-0.1, -0.05) is 0 Å². The summed E-state index contributed by atoms with van der Waals surface area (Å²) in [7, 11) is 0. The Bertz CT molecular complexity index is 638. The molecule has 1 aromatic heterocycles. The predicted molar refractivity (Wildman–Crippen MR) is 71.2 cm³/mol. The minimum atomic E-state index is -0.388. The van der Waals surface area contributed by atoms with Crippen LogP contribution in [-0.2, 0) is 0 Å². The molecule has 6 heteroatoms. The summed E-state index contributed by atoms with van der Waals surface area (Å²) in [5.74, 6) is 0.286. The molecule has 1 aliphatic heterocycles. The monoisotopic (exact) mass is 259 g/mol. The van der Waals surface area contributed by atoms with E-state index in [-0.39, 0.29) is 23.1 Å². The summed E-state index contributed by atoms with van der Waals surface area (Å²) in [4.78, 5) is 17.0. The highest BCUT2D eigenvalue weighted by Crippen LogP contribution is 2.34. The standard InChI is InChI=1S/C13H13N3O3/c17-8-9-6-15(7-9)12-4-3-11(16(18)19)10-2-1-5-14-13(10)12/h1-5,9,17H,6-8H2. The lowest BCUT2D eigenvalue weighted by molar-refractivity contribution is -0.383. The Kier molecular flexibility index (Phi) is 2.79. The van der Waals surface area contributed by atoms with Gasteiger partial charge >= 0.3 is 0 Å². The maximum Gasteiger partial charge on any atom is 0.278 e. The fourth-order valence-electron chi connectivity index (χ4n) is 2.44. The number of aromatic nitrogens is 1. The van der Waals surface area contributed by atoms with Gasteiger partial charge in [0, 0.05) is 37.9 Å². The molecule has 0 bridgehead atoms. The molecule has 0 saturated carbocycles. The van der Waals surface area contributed by atoms with Crippen LogP contribution in [0.2, 0.25) is 0 Å². The molecule has 0 atom stereocenters. The Labute approximate surface area is 109 Å². The zero-order valence-corrected chi connectivity index (χ0v) is 10.2. The van der Waals surface area contributed by atoms with E-state index in [4.69, 9.17) is 5.11 Å². The van der Waals surface area contributed by atoms with Gasteiger partial charge in [0.1, 0.15) is 5.52 Å². The number of aliphatic hydroxyl groups is 1. The molecule has 0 spiro atoms. The Morgan fingerprint density at radius 3 is 2.89 bits per heavy atom. The topological polar surface area (TPSA) is 79.5 Å². The van der Waals surface area contributed by atoms with Crippen LogP contribution in [-0.4, -0.2) is 34.7 Å². The minimum Gasteiger partial charge on any atom is -0.396 e. The van der Waals surface area contributed by atoms with Crippen LogP contribution >= 0.6 is 0 Å². The van der Waals surface area contributed by atoms with Crippen LogP contribution in [0.3, 0.4) is 0 Å². The molecule has 0 aliphatic carbocycles. The molecule has 1 saturated heterocycles. The molecule has 0 unspecified atom stereocenters. The molecule has 1 fully saturated rings. The van der Waals surface area contributed by atoms with Crippen molar-refractivity contribution < 1.29 is 10.0 Å². The van der Waals surface area contributed by atoms with E-state index >= 15 is 0 Å². The van der Waals surface area contributed by atoms with Gasteiger partial charge in [-0.25, -0.2) is 0 Å². The van der Waals surface area contributed by atoms with Crippen molar-refractivity contribution in [2.24, 2.45) is 5.92 Å². The number of fused-ring (bicyclic) bond motifs is 1. The maximum absolute atomic E-state index is 11.0. The van der Waals surface area contributed by atoms with Gasteiger partial charge in [-0.2, -0.15) is 0 Å². The fraction of sp³-hybridized carbons (Fsp3) is 0.308. The van der Waals surface area contributed by atoms with E-state index in [1.807, 2.05) is 0 Å². The van der Waals surface area contributed by atoms with E-state index in [0.717, 1.165) is 18.8 Å². The van der Waals surface area contributed by atoms with Crippen LogP contribution in [0.1, 0.15) is 0 Å². The van der Waals surface area contributed by atoms with Crippen LogP contribution in [0, 0.1) is 16.0 Å². The van der Waals surface area contributed by atoms with Gasteiger partial charge in [-0.15, -0.1) is 0 Å². The highest BCUT2D eigenvalue weighted by Gasteiger charge is 2.28. The Morgan fingerprint density at radius 1 is 1.42 bits per heavy atom. The number of nitro benzene ring substituents is 1. The number of rotatable bonds is 3. The minimum absolute atomic E-state index is 0.0751. The van der Waals surface area contributed by atoms with E-state index in [2.05, 4.69) is 9.88 Å². The van der Waals surface area contributed by atoms with Gasteiger partial charge in [-0.05, 0) is 18.2 Å². The van der Waals surface area contributed by atoms with Crippen molar-refractivity contribution >= 4 is 22.3 Å². The molecule has 2 heterocycles. The van der Waals surface area contributed by atoms with E-state index < -0.39 is 0 Å². The number of pyridine rings is 1. The van der Waals surface area contributed by atoms with Crippen molar-refractivity contribution in [1.29, 1.82) is 0 Å². The van der Waals surface area contributed by atoms with Gasteiger partial charge in [0.2, 0.25) is 0 Å². The van der Waals surface area contributed by atoms with Crippen LogP contribution < -0.4 is 4.90 Å². The molecule has 6 nitrogen and oxygen atoms in total. The second-order valence-electron chi connectivity index (χ2n) is 4.71. The average molecular weight is 259 g/mol. The Balaban J connectivity index is 2.07. The molecule has 3 rings (SSSR count). The highest BCUT2D eigenvalue weighted by atomic mass is 16.6. The Hall–Kier alpha value is -2.21. The summed E-state index contributed by atoms with van der Waals surface area (Å²) in [6.45, 7) is 1.70. The lowest BCUT2D eigenvalue weighted by Gasteiger charge is -2.40. The summed E-state index contributed by atoms with van der Waals surface area (Å²) in [6, 6.07) is 6.67. The van der Waals surface area contributed by atoms with Gasteiger partial charge in [0.25, 0.3) is 5.69 Å². The summed E-state index contributed by atoms with van der Waals surface area (Å²) in [5, 5.41) is 20.6. The number of benzene rings is 1. The molecule has 2 aromatic rings. The number of nitro groups is 1. The first-order chi connectivity index (χ1) is 9.20. The molecule has 1 aliphatic rings. The summed E-state index contributed by atoms with van der Waals surface area (Å²) in [6.07, 6.45) is 1.64. The molecule has 19 heavy (non-hydrogen) atoms. The first-order valence-corrected chi connectivity index (χ1v) is 6.08. The lowest BCUT2D eigenvalue weighted by Crippen LogP contribution is -2.48. The van der Waals surface area contributed by atoms with Crippen LogP contribution in [0.25, 0.3) is 10.9 Å². The van der Waals surface area contributed by atoms with Crippen molar-refractivity contribution in [3.63, 3.8) is 0 Å². The third-order valence-electron chi connectivity index (χ3n) is 3.48. The second-order valence-corrected chi connectivity index (χ2v) is 4.71. The number of anilines is 1. The molecular formula is C13H13N3O3.